The number of allylic oxidation sites excluding steroid dienone is 2. The minimum absolute atomic E-state index is 0.130. The first-order chi connectivity index (χ1) is 14.4. The van der Waals surface area contributed by atoms with Crippen LogP contribution in [0, 0.1) is 11.3 Å². The second-order valence-electron chi connectivity index (χ2n) is 6.46. The van der Waals surface area contributed by atoms with Crippen LogP contribution >= 0.6 is 11.6 Å². The van der Waals surface area contributed by atoms with Crippen LogP contribution in [0.25, 0.3) is 16.3 Å². The normalized spacial score (nSPS) is 12.6. The fourth-order valence-corrected chi connectivity index (χ4v) is 3.29. The lowest BCUT2D eigenvalue weighted by molar-refractivity contribution is -0.137. The zero-order valence-electron chi connectivity index (χ0n) is 15.3. The van der Waals surface area contributed by atoms with Crippen molar-refractivity contribution in [2.24, 2.45) is 0 Å². The highest BCUT2D eigenvalue weighted by atomic mass is 35.5. The third-order valence-corrected chi connectivity index (χ3v) is 4.65. The van der Waals surface area contributed by atoms with Gasteiger partial charge in [0.05, 0.1) is 22.8 Å². The van der Waals surface area contributed by atoms with Crippen LogP contribution in [0.2, 0.25) is 5.02 Å². The summed E-state index contributed by atoms with van der Waals surface area (Å²) in [5, 5.41) is 9.23. The van der Waals surface area contributed by atoms with Crippen molar-refractivity contribution in [1.29, 1.82) is 5.26 Å². The third kappa shape index (κ3) is 4.72. The number of benzene rings is 3. The topological polar surface area (TPSA) is 40.9 Å². The first-order valence-electron chi connectivity index (χ1n) is 8.55. The van der Waals surface area contributed by atoms with Crippen molar-refractivity contribution in [2.45, 2.75) is 12.4 Å². The summed E-state index contributed by atoms with van der Waals surface area (Å²) >= 11 is 5.61. The molecule has 0 heterocycles. The molecule has 9 heteroatoms. The van der Waals surface area contributed by atoms with Gasteiger partial charge in [-0.15, -0.1) is 0 Å². The second kappa shape index (κ2) is 8.08. The maximum atomic E-state index is 13.7. The zero-order valence-corrected chi connectivity index (χ0v) is 16.0. The summed E-state index contributed by atoms with van der Waals surface area (Å²) < 4.78 is 80.1. The number of nitriles is 1. The van der Waals surface area contributed by atoms with Gasteiger partial charge in [-0.3, -0.25) is 4.79 Å². The number of ketones is 1. The molecule has 0 aliphatic rings. The number of hydrogen-bond donors (Lipinski definition) is 0. The average molecular weight is 454 g/mol. The smallest absolute Gasteiger partial charge is 0.289 e. The molecule has 0 saturated carbocycles. The van der Waals surface area contributed by atoms with Crippen molar-refractivity contribution < 1.29 is 31.1 Å². The van der Waals surface area contributed by atoms with Crippen LogP contribution in [0.4, 0.5) is 26.3 Å². The third-order valence-electron chi connectivity index (χ3n) is 4.43. The van der Waals surface area contributed by atoms with Crippen molar-refractivity contribution in [3.05, 3.63) is 87.9 Å². The Labute approximate surface area is 177 Å². The van der Waals surface area contributed by atoms with Crippen LogP contribution in [0.1, 0.15) is 27.0 Å². The molecule has 0 aliphatic carbocycles. The number of carbonyl (C=O) groups excluding carboxylic acids is 1. The molecule has 0 radical (unpaired) electrons. The van der Waals surface area contributed by atoms with Crippen LogP contribution in [-0.2, 0) is 6.18 Å². The second-order valence-corrected chi connectivity index (χ2v) is 6.90. The highest BCUT2D eigenvalue weighted by Gasteiger charge is 2.38. The Morgan fingerprint density at radius 3 is 2.16 bits per heavy atom. The largest absolute Gasteiger partial charge is 0.417 e. The Balaban J connectivity index is 2.20. The van der Waals surface area contributed by atoms with E-state index in [1.165, 1.54) is 24.3 Å². The SMILES string of the molecule is N#Cc1ccc(C(=O)/C=C(/c2cc(Cl)cc(C(F)(F)F)c2)C(F)(F)F)c2ccccc12. The number of alkyl halides is 6. The summed E-state index contributed by atoms with van der Waals surface area (Å²) in [5.74, 6) is -1.08. The van der Waals surface area contributed by atoms with Gasteiger partial charge in [0.15, 0.2) is 5.78 Å². The Morgan fingerprint density at radius 2 is 1.58 bits per heavy atom. The number of hydrogen-bond acceptors (Lipinski definition) is 2. The van der Waals surface area contributed by atoms with Crippen LogP contribution in [0.15, 0.2) is 60.7 Å². The van der Waals surface area contributed by atoms with E-state index in [4.69, 9.17) is 11.6 Å². The number of carbonyl (C=O) groups is 1. The molecule has 3 rings (SSSR count). The molecule has 0 saturated heterocycles. The minimum atomic E-state index is -5.13. The minimum Gasteiger partial charge on any atom is -0.289 e. The number of rotatable bonds is 3. The lowest BCUT2D eigenvalue weighted by Crippen LogP contribution is -2.14. The van der Waals surface area contributed by atoms with Gasteiger partial charge in [-0.1, -0.05) is 35.9 Å². The molecule has 0 aromatic heterocycles. The van der Waals surface area contributed by atoms with Gasteiger partial charge in [0.1, 0.15) is 0 Å². The van der Waals surface area contributed by atoms with E-state index >= 15 is 0 Å². The molecule has 2 nitrogen and oxygen atoms in total. The monoisotopic (exact) mass is 453 g/mol. The van der Waals surface area contributed by atoms with E-state index in [1.807, 2.05) is 6.07 Å². The van der Waals surface area contributed by atoms with Crippen LogP contribution < -0.4 is 0 Å². The summed E-state index contributed by atoms with van der Waals surface area (Å²) in [6.45, 7) is 0. The van der Waals surface area contributed by atoms with Crippen LogP contribution in [-0.4, -0.2) is 12.0 Å². The molecule has 0 amide bonds. The van der Waals surface area contributed by atoms with Gasteiger partial charge in [0.2, 0.25) is 0 Å². The maximum Gasteiger partial charge on any atom is 0.417 e. The lowest BCUT2D eigenvalue weighted by Gasteiger charge is -2.15. The van der Waals surface area contributed by atoms with Crippen molar-refractivity contribution in [2.75, 3.05) is 0 Å². The van der Waals surface area contributed by atoms with Crippen molar-refractivity contribution in [1.82, 2.24) is 0 Å². The number of halogens is 7. The molecule has 158 valence electrons. The van der Waals surface area contributed by atoms with E-state index in [2.05, 4.69) is 0 Å². The molecule has 31 heavy (non-hydrogen) atoms. The standard InChI is InChI=1S/C22H10ClF6NO/c23-15-8-13(7-14(9-15)21(24,25)26)19(22(27,28)29)10-20(31)18-6-5-12(11-30)16-3-1-2-4-17(16)18/h1-10H/b19-10-. The summed E-state index contributed by atoms with van der Waals surface area (Å²) in [6, 6.07) is 12.0. The van der Waals surface area contributed by atoms with Gasteiger partial charge in [0, 0.05) is 16.0 Å². The highest BCUT2D eigenvalue weighted by Crippen LogP contribution is 2.39. The van der Waals surface area contributed by atoms with Gasteiger partial charge in [-0.25, -0.2) is 0 Å². The fourth-order valence-electron chi connectivity index (χ4n) is 3.06. The first-order valence-corrected chi connectivity index (χ1v) is 8.93. The molecular weight excluding hydrogens is 444 g/mol. The summed E-state index contributed by atoms with van der Waals surface area (Å²) in [6.07, 6.45) is -9.82. The van der Waals surface area contributed by atoms with Gasteiger partial charge < -0.3 is 0 Å². The average Bonchev–Trinajstić information content (AvgIpc) is 2.69. The highest BCUT2D eigenvalue weighted by molar-refractivity contribution is 6.31. The van der Waals surface area contributed by atoms with Crippen molar-refractivity contribution in [3.63, 3.8) is 0 Å². The van der Waals surface area contributed by atoms with Crippen molar-refractivity contribution >= 4 is 33.7 Å². The Bertz CT molecular complexity index is 1250. The molecule has 0 N–H and O–H groups in total. The Hall–Kier alpha value is -3.31. The van der Waals surface area contributed by atoms with Crippen molar-refractivity contribution in [3.8, 4) is 6.07 Å². The first kappa shape index (κ1) is 22.4. The predicted molar refractivity (Wildman–Crippen MR) is 103 cm³/mol. The summed E-state index contributed by atoms with van der Waals surface area (Å²) in [7, 11) is 0. The van der Waals surface area contributed by atoms with E-state index in [0.717, 1.165) is 0 Å². The maximum absolute atomic E-state index is 13.7. The van der Waals surface area contributed by atoms with Gasteiger partial charge in [-0.2, -0.15) is 31.6 Å². The van der Waals surface area contributed by atoms with Gasteiger partial charge in [-0.05, 0) is 47.4 Å². The fraction of sp³-hybridized carbons (Fsp3) is 0.0909. The van der Waals surface area contributed by atoms with E-state index in [-0.39, 0.29) is 28.7 Å². The summed E-state index contributed by atoms with van der Waals surface area (Å²) in [4.78, 5) is 12.7. The van der Waals surface area contributed by atoms with E-state index in [1.54, 1.807) is 12.1 Å². The predicted octanol–water partition coefficient (Wildman–Crippen LogP) is 7.21. The molecule has 3 aromatic carbocycles. The zero-order chi connectivity index (χ0) is 23.0. The molecule has 0 atom stereocenters. The Morgan fingerprint density at radius 1 is 0.935 bits per heavy atom. The molecule has 0 fully saturated rings. The number of nitrogens with zero attached hydrogens (tertiary/aromatic N) is 1. The Kier molecular flexibility index (Phi) is 5.83. The lowest BCUT2D eigenvalue weighted by atomic mass is 9.95. The molecule has 0 bridgehead atoms. The molecule has 0 aliphatic heterocycles. The quantitative estimate of drug-likeness (QED) is 0.239. The summed E-state index contributed by atoms with van der Waals surface area (Å²) in [5.41, 5.74) is -3.75. The van der Waals surface area contributed by atoms with Gasteiger partial charge >= 0.3 is 12.4 Å². The van der Waals surface area contributed by atoms with Crippen LogP contribution in [0.5, 0.6) is 0 Å². The van der Waals surface area contributed by atoms with E-state index in [0.29, 0.717) is 17.5 Å². The number of fused-ring (bicyclic) bond motifs is 1. The molecule has 0 unspecified atom stereocenters. The van der Waals surface area contributed by atoms with Gasteiger partial charge in [0.25, 0.3) is 0 Å². The van der Waals surface area contributed by atoms with E-state index in [9.17, 15) is 36.4 Å². The molecular formula is C22H10ClF6NO. The van der Waals surface area contributed by atoms with E-state index < -0.39 is 39.9 Å². The molecule has 0 spiro atoms. The van der Waals surface area contributed by atoms with Crippen LogP contribution in [0.3, 0.4) is 0 Å². The molecule has 3 aromatic rings.